The fourth-order valence-corrected chi connectivity index (χ4v) is 6.88. The Balaban J connectivity index is 1.42. The van der Waals surface area contributed by atoms with Crippen molar-refractivity contribution in [1.29, 1.82) is 0 Å². The van der Waals surface area contributed by atoms with Gasteiger partial charge in [0.2, 0.25) is 0 Å². The second-order valence-electron chi connectivity index (χ2n) is 12.3. The van der Waals surface area contributed by atoms with Gasteiger partial charge in [-0.1, -0.05) is 44.5 Å². The van der Waals surface area contributed by atoms with E-state index in [1.54, 1.807) is 13.2 Å². The molecule has 5 rings (SSSR count). The highest BCUT2D eigenvalue weighted by atomic mass is 19.1. The topological polar surface area (TPSA) is 44.8 Å². The first kappa shape index (κ1) is 28.4. The number of rotatable bonds is 10. The van der Waals surface area contributed by atoms with E-state index < -0.39 is 11.5 Å². The zero-order valence-corrected chi connectivity index (χ0v) is 24.0. The lowest BCUT2D eigenvalue weighted by molar-refractivity contribution is -0.141. The number of alkyl halides is 1. The summed E-state index contributed by atoms with van der Waals surface area (Å²) in [6.45, 7) is 4.20. The van der Waals surface area contributed by atoms with Crippen LogP contribution in [-0.2, 0) is 9.53 Å². The molecule has 4 nitrogen and oxygen atoms in total. The van der Waals surface area contributed by atoms with Crippen LogP contribution in [0.25, 0.3) is 5.57 Å². The molecular weight excluding hydrogens is 510 g/mol. The molecule has 0 heterocycles. The molecule has 3 aliphatic carbocycles. The molecule has 2 saturated carbocycles. The van der Waals surface area contributed by atoms with Crippen LogP contribution in [0.1, 0.15) is 75.8 Å². The van der Waals surface area contributed by atoms with Gasteiger partial charge < -0.3 is 14.2 Å². The Kier molecular flexibility index (Phi) is 8.08. The second-order valence-corrected chi connectivity index (χ2v) is 12.3. The molecule has 0 saturated heterocycles. The minimum atomic E-state index is -1.74. The Bertz CT molecular complexity index is 1310. The van der Waals surface area contributed by atoms with E-state index in [1.807, 2.05) is 42.5 Å². The van der Waals surface area contributed by atoms with Crippen LogP contribution in [0.2, 0.25) is 0 Å². The highest BCUT2D eigenvalue weighted by Gasteiger charge is 2.53. The summed E-state index contributed by atoms with van der Waals surface area (Å²) in [4.78, 5) is 12.0. The van der Waals surface area contributed by atoms with Crippen LogP contribution in [0.3, 0.4) is 0 Å². The molecule has 0 aliphatic heterocycles. The molecule has 2 aromatic carbocycles. The van der Waals surface area contributed by atoms with Gasteiger partial charge in [-0.2, -0.15) is 0 Å². The van der Waals surface area contributed by atoms with Gasteiger partial charge in [0.1, 0.15) is 29.6 Å². The molecule has 0 bridgehead atoms. The van der Waals surface area contributed by atoms with Crippen LogP contribution >= 0.6 is 0 Å². The van der Waals surface area contributed by atoms with E-state index in [0.29, 0.717) is 40.5 Å². The van der Waals surface area contributed by atoms with Crippen molar-refractivity contribution < 1.29 is 27.8 Å². The molecule has 3 aliphatic rings. The number of allylic oxidation sites excluding steroid dienone is 3. The van der Waals surface area contributed by atoms with Gasteiger partial charge in [0.25, 0.3) is 0 Å². The van der Waals surface area contributed by atoms with E-state index in [9.17, 15) is 4.79 Å². The third-order valence-electron chi connectivity index (χ3n) is 9.22. The number of hydrogen-bond donors (Lipinski definition) is 0. The summed E-state index contributed by atoms with van der Waals surface area (Å²) < 4.78 is 49.6. The lowest BCUT2D eigenvalue weighted by Crippen LogP contribution is -2.42. The maximum absolute atomic E-state index is 17.5. The van der Waals surface area contributed by atoms with Crippen LogP contribution in [0, 0.1) is 17.3 Å². The summed E-state index contributed by atoms with van der Waals surface area (Å²) in [6, 6.07) is 14.9. The minimum Gasteiger partial charge on any atom is -0.497 e. The van der Waals surface area contributed by atoms with E-state index in [0.717, 1.165) is 37.7 Å². The first-order valence-electron chi connectivity index (χ1n) is 14.4. The van der Waals surface area contributed by atoms with Crippen molar-refractivity contribution in [3.8, 4) is 11.5 Å². The molecule has 1 unspecified atom stereocenters. The van der Waals surface area contributed by atoms with Crippen LogP contribution in [0.15, 0.2) is 66.0 Å². The van der Waals surface area contributed by atoms with Crippen molar-refractivity contribution in [2.24, 2.45) is 17.3 Å². The van der Waals surface area contributed by atoms with Crippen molar-refractivity contribution in [2.75, 3.05) is 20.8 Å². The summed E-state index contributed by atoms with van der Waals surface area (Å²) in [7, 11) is 2.98. The molecule has 6 heteroatoms. The monoisotopic (exact) mass is 550 g/mol. The summed E-state index contributed by atoms with van der Waals surface area (Å²) in [6.07, 6.45) is 6.46. The van der Waals surface area contributed by atoms with E-state index in [2.05, 4.69) is 13.8 Å². The van der Waals surface area contributed by atoms with E-state index in [1.165, 1.54) is 13.2 Å². The lowest BCUT2D eigenvalue weighted by Gasteiger charge is -2.43. The third kappa shape index (κ3) is 5.82. The van der Waals surface area contributed by atoms with Crippen molar-refractivity contribution in [3.05, 3.63) is 77.1 Å². The molecule has 40 heavy (non-hydrogen) atoms. The van der Waals surface area contributed by atoms with Crippen LogP contribution in [0.5, 0.6) is 11.5 Å². The number of methoxy groups -OCH3 is 2. The Hall–Kier alpha value is -3.15. The maximum atomic E-state index is 17.5. The maximum Gasteiger partial charge on any atom is 0.306 e. The molecule has 0 amide bonds. The quantitative estimate of drug-likeness (QED) is 0.279. The van der Waals surface area contributed by atoms with Crippen LogP contribution < -0.4 is 9.47 Å². The Morgan fingerprint density at radius 3 is 2.48 bits per heavy atom. The summed E-state index contributed by atoms with van der Waals surface area (Å²) in [5.74, 6) is 0.794. The van der Waals surface area contributed by atoms with Gasteiger partial charge >= 0.3 is 5.97 Å². The fraction of sp³-hybridized carbons (Fsp3) is 0.500. The summed E-state index contributed by atoms with van der Waals surface area (Å²) in [5.41, 5.74) is 0.416. The van der Waals surface area contributed by atoms with Crippen LogP contribution in [-0.4, -0.2) is 32.5 Å². The van der Waals surface area contributed by atoms with Gasteiger partial charge in [0.15, 0.2) is 0 Å². The average molecular weight is 551 g/mol. The summed E-state index contributed by atoms with van der Waals surface area (Å²) in [5, 5.41) is 0. The number of carbonyl (C=O) groups excluding carboxylic acids is 1. The fourth-order valence-electron chi connectivity index (χ4n) is 6.88. The van der Waals surface area contributed by atoms with Crippen molar-refractivity contribution in [2.45, 2.75) is 70.4 Å². The van der Waals surface area contributed by atoms with E-state index in [-0.39, 0.29) is 36.2 Å². The van der Waals surface area contributed by atoms with Gasteiger partial charge in [-0.15, -0.1) is 0 Å². The van der Waals surface area contributed by atoms with Crippen molar-refractivity contribution >= 4 is 11.5 Å². The SMILES string of the molecule is COC(=O)C[C@H](c1cccc(OCC2=C(F)C=C(c3cccc(OC)c3)C(F)([C@@H]3CCCC3(C)C)C2)c1)C1CC1. The summed E-state index contributed by atoms with van der Waals surface area (Å²) >= 11 is 0. The zero-order chi connectivity index (χ0) is 28.5. The van der Waals surface area contributed by atoms with Gasteiger partial charge in [-0.3, -0.25) is 4.79 Å². The molecule has 214 valence electrons. The number of esters is 1. The van der Waals surface area contributed by atoms with Crippen molar-refractivity contribution in [1.82, 2.24) is 0 Å². The first-order valence-corrected chi connectivity index (χ1v) is 14.4. The lowest BCUT2D eigenvalue weighted by atomic mass is 9.65. The normalized spacial score (nSPS) is 24.9. The molecule has 3 atom stereocenters. The molecular formula is C34H40F2O4. The third-order valence-corrected chi connectivity index (χ3v) is 9.22. The number of carbonyl (C=O) groups is 1. The molecule has 0 aromatic heterocycles. The number of halogens is 2. The Morgan fingerprint density at radius 2 is 1.80 bits per heavy atom. The number of hydrogen-bond acceptors (Lipinski definition) is 4. The largest absolute Gasteiger partial charge is 0.497 e. The first-order chi connectivity index (χ1) is 19.1. The predicted octanol–water partition coefficient (Wildman–Crippen LogP) is 8.38. The van der Waals surface area contributed by atoms with Gasteiger partial charge in [0, 0.05) is 17.9 Å². The smallest absolute Gasteiger partial charge is 0.306 e. The number of ether oxygens (including phenoxy) is 3. The Labute approximate surface area is 236 Å². The molecule has 0 N–H and O–H groups in total. The highest BCUT2D eigenvalue weighted by Crippen LogP contribution is 2.57. The minimum absolute atomic E-state index is 0.0406. The van der Waals surface area contributed by atoms with Gasteiger partial charge in [0.05, 0.1) is 20.6 Å². The molecule has 2 fully saturated rings. The standard InChI is InChI=1S/C34H40F2O4/c1-33(2)15-7-12-31(33)34(36)20-25(30(35)19-29(34)24-9-6-10-26(17-24)38-3)21-40-27-11-5-8-23(16-27)28(22-13-14-22)18-32(37)39-4/h5-6,8-11,16-17,19,22,28,31H,7,12-15,18,20-21H2,1-4H3/t28-,31+,34?/m0/s1. The average Bonchev–Trinajstić information content (AvgIpc) is 3.73. The highest BCUT2D eigenvalue weighted by molar-refractivity contribution is 5.77. The van der Waals surface area contributed by atoms with Crippen LogP contribution in [0.4, 0.5) is 8.78 Å². The molecule has 0 spiro atoms. The molecule has 0 radical (unpaired) electrons. The van der Waals surface area contributed by atoms with E-state index >= 15 is 8.78 Å². The second kappa shape index (κ2) is 11.4. The van der Waals surface area contributed by atoms with Gasteiger partial charge in [-0.25, -0.2) is 8.78 Å². The number of benzene rings is 2. The Morgan fingerprint density at radius 1 is 1.05 bits per heavy atom. The zero-order valence-electron chi connectivity index (χ0n) is 24.0. The van der Waals surface area contributed by atoms with E-state index in [4.69, 9.17) is 14.2 Å². The molecule has 2 aromatic rings. The van der Waals surface area contributed by atoms with Gasteiger partial charge in [-0.05, 0) is 90.0 Å². The predicted molar refractivity (Wildman–Crippen MR) is 153 cm³/mol. The van der Waals surface area contributed by atoms with Crippen molar-refractivity contribution in [3.63, 3.8) is 0 Å².